The van der Waals surface area contributed by atoms with Gasteiger partial charge in [0, 0.05) is 15.9 Å². The maximum Gasteiger partial charge on any atom is 0.352 e. The number of halogens is 1. The van der Waals surface area contributed by atoms with Gasteiger partial charge in [0.25, 0.3) is 0 Å². The maximum absolute atomic E-state index is 12.8. The van der Waals surface area contributed by atoms with Crippen LogP contribution in [-0.2, 0) is 30.7 Å². The Balaban J connectivity index is 1.44. The van der Waals surface area contributed by atoms with Crippen molar-refractivity contribution in [1.29, 1.82) is 0 Å². The molecule has 148 valence electrons. The van der Waals surface area contributed by atoms with Crippen LogP contribution < -0.4 is 11.0 Å². The van der Waals surface area contributed by atoms with Crippen LogP contribution in [0.1, 0.15) is 28.8 Å². The molecule has 4 aromatic rings. The predicted octanol–water partition coefficient (Wildman–Crippen LogP) is 3.06. The molecule has 0 aliphatic heterocycles. The number of thiophene rings is 1. The average Bonchev–Trinajstić information content (AvgIpc) is 3.25. The third-order valence-corrected chi connectivity index (χ3v) is 7.24. The highest BCUT2D eigenvalue weighted by molar-refractivity contribution is 9.10. The Morgan fingerprint density at radius 2 is 2.07 bits per heavy atom. The van der Waals surface area contributed by atoms with Crippen molar-refractivity contribution in [2.75, 3.05) is 0 Å². The van der Waals surface area contributed by atoms with Crippen LogP contribution in [0.25, 0.3) is 15.9 Å². The van der Waals surface area contributed by atoms with Gasteiger partial charge >= 0.3 is 5.69 Å². The van der Waals surface area contributed by atoms with Gasteiger partial charge in [-0.3, -0.25) is 4.79 Å². The van der Waals surface area contributed by atoms with Crippen molar-refractivity contribution in [3.63, 3.8) is 0 Å². The van der Waals surface area contributed by atoms with E-state index in [1.165, 1.54) is 32.3 Å². The Morgan fingerprint density at radius 3 is 2.93 bits per heavy atom. The number of carbonyl (C=O) groups excluding carboxylic acids is 1. The summed E-state index contributed by atoms with van der Waals surface area (Å²) in [5.74, 6) is -0.261. The Bertz CT molecular complexity index is 1310. The van der Waals surface area contributed by atoms with E-state index in [4.69, 9.17) is 0 Å². The summed E-state index contributed by atoms with van der Waals surface area (Å²) in [6.45, 7) is 0.255. The van der Waals surface area contributed by atoms with Crippen LogP contribution in [0, 0.1) is 0 Å². The minimum Gasteiger partial charge on any atom is -0.350 e. The summed E-state index contributed by atoms with van der Waals surface area (Å²) in [6, 6.07) is 7.69. The van der Waals surface area contributed by atoms with Gasteiger partial charge < -0.3 is 5.32 Å². The number of aryl methyl sites for hydroxylation is 2. The fourth-order valence-corrected chi connectivity index (χ4v) is 5.46. The largest absolute Gasteiger partial charge is 0.352 e. The van der Waals surface area contributed by atoms with Gasteiger partial charge in [0.15, 0.2) is 5.65 Å². The fourth-order valence-electron chi connectivity index (χ4n) is 3.81. The number of nitrogens with one attached hydrogen (secondary N) is 1. The summed E-state index contributed by atoms with van der Waals surface area (Å²) in [4.78, 5) is 31.9. The van der Waals surface area contributed by atoms with Crippen molar-refractivity contribution in [2.45, 2.75) is 38.8 Å². The van der Waals surface area contributed by atoms with E-state index in [0.717, 1.165) is 39.5 Å². The SMILES string of the molecule is O=C(Cn1nc2c3c4c(sc3ncn2c1=O)CCCC4)NCc1ccccc1Br. The lowest BCUT2D eigenvalue weighted by Gasteiger charge is -2.09. The van der Waals surface area contributed by atoms with E-state index >= 15 is 0 Å². The second kappa shape index (κ2) is 7.38. The Morgan fingerprint density at radius 1 is 1.24 bits per heavy atom. The first kappa shape index (κ1) is 18.5. The molecule has 7 nitrogen and oxygen atoms in total. The number of rotatable bonds is 4. The van der Waals surface area contributed by atoms with E-state index in [1.54, 1.807) is 11.3 Å². The van der Waals surface area contributed by atoms with E-state index in [0.29, 0.717) is 12.2 Å². The van der Waals surface area contributed by atoms with Crippen LogP contribution in [0.2, 0.25) is 0 Å². The van der Waals surface area contributed by atoms with Crippen LogP contribution in [0.5, 0.6) is 0 Å². The molecule has 0 radical (unpaired) electrons. The van der Waals surface area contributed by atoms with Crippen molar-refractivity contribution < 1.29 is 4.79 Å². The summed E-state index contributed by atoms with van der Waals surface area (Å²) in [5, 5.41) is 8.32. The van der Waals surface area contributed by atoms with Gasteiger partial charge in [0.1, 0.15) is 17.7 Å². The standard InChI is InChI=1S/C20H18BrN5O2S/c21-14-7-3-1-5-12(14)9-22-16(27)10-26-20(28)25-11-23-19-17(18(25)24-26)13-6-2-4-8-15(13)29-19/h1,3,5,7,11H,2,4,6,8-10H2,(H,22,27). The van der Waals surface area contributed by atoms with E-state index in [9.17, 15) is 9.59 Å². The molecule has 1 N–H and O–H groups in total. The van der Waals surface area contributed by atoms with E-state index in [2.05, 4.69) is 31.3 Å². The zero-order valence-electron chi connectivity index (χ0n) is 15.5. The molecule has 0 fully saturated rings. The molecule has 1 amide bonds. The molecular weight excluding hydrogens is 454 g/mol. The molecule has 0 unspecified atom stereocenters. The van der Waals surface area contributed by atoms with Gasteiger partial charge in [-0.05, 0) is 42.9 Å². The highest BCUT2D eigenvalue weighted by atomic mass is 79.9. The smallest absolute Gasteiger partial charge is 0.350 e. The summed E-state index contributed by atoms with van der Waals surface area (Å²) < 4.78 is 3.60. The third kappa shape index (κ3) is 3.28. The van der Waals surface area contributed by atoms with Crippen LogP contribution in [0.15, 0.2) is 39.9 Å². The molecule has 1 aliphatic carbocycles. The molecule has 0 saturated carbocycles. The Labute approximate surface area is 178 Å². The zero-order chi connectivity index (χ0) is 20.0. The van der Waals surface area contributed by atoms with E-state index < -0.39 is 0 Å². The van der Waals surface area contributed by atoms with Crippen molar-refractivity contribution in [3.05, 3.63) is 61.6 Å². The first-order valence-corrected chi connectivity index (χ1v) is 11.1. The molecule has 3 aromatic heterocycles. The number of benzene rings is 1. The second-order valence-electron chi connectivity index (χ2n) is 7.14. The molecule has 1 aromatic carbocycles. The lowest BCUT2D eigenvalue weighted by Crippen LogP contribution is -2.32. The van der Waals surface area contributed by atoms with E-state index in [-0.39, 0.29) is 18.1 Å². The second-order valence-corrected chi connectivity index (χ2v) is 9.08. The highest BCUT2D eigenvalue weighted by Gasteiger charge is 2.22. The van der Waals surface area contributed by atoms with Crippen molar-refractivity contribution in [3.8, 4) is 0 Å². The van der Waals surface area contributed by atoms with Gasteiger partial charge in [-0.15, -0.1) is 16.4 Å². The minimum absolute atomic E-state index is 0.126. The summed E-state index contributed by atoms with van der Waals surface area (Å²) in [5.41, 5.74) is 2.49. The van der Waals surface area contributed by atoms with Crippen molar-refractivity contribution in [1.82, 2.24) is 24.5 Å². The topological polar surface area (TPSA) is 81.3 Å². The molecule has 0 saturated heterocycles. The Hall–Kier alpha value is -2.52. The molecule has 0 spiro atoms. The summed E-state index contributed by atoms with van der Waals surface area (Å²) >= 11 is 5.16. The molecule has 1 aliphatic rings. The lowest BCUT2D eigenvalue weighted by atomic mass is 9.97. The van der Waals surface area contributed by atoms with E-state index in [1.807, 2.05) is 24.3 Å². The molecule has 3 heterocycles. The first-order chi connectivity index (χ1) is 14.1. The van der Waals surface area contributed by atoms with Gasteiger partial charge in [-0.25, -0.2) is 18.9 Å². The minimum atomic E-state index is -0.346. The number of hydrogen-bond acceptors (Lipinski definition) is 5. The first-order valence-electron chi connectivity index (χ1n) is 9.50. The lowest BCUT2D eigenvalue weighted by molar-refractivity contribution is -0.122. The molecule has 0 atom stereocenters. The maximum atomic E-state index is 12.8. The van der Waals surface area contributed by atoms with Gasteiger partial charge in [0.05, 0.1) is 5.39 Å². The van der Waals surface area contributed by atoms with Crippen LogP contribution in [0.3, 0.4) is 0 Å². The van der Waals surface area contributed by atoms with Gasteiger partial charge in [-0.2, -0.15) is 0 Å². The summed E-state index contributed by atoms with van der Waals surface area (Å²) in [6.07, 6.45) is 5.90. The molecule has 0 bridgehead atoms. The quantitative estimate of drug-likeness (QED) is 0.495. The van der Waals surface area contributed by atoms with Crippen molar-refractivity contribution >= 4 is 49.0 Å². The number of amides is 1. The number of nitrogens with zero attached hydrogens (tertiary/aromatic N) is 4. The highest BCUT2D eigenvalue weighted by Crippen LogP contribution is 2.36. The molecule has 5 rings (SSSR count). The third-order valence-electron chi connectivity index (χ3n) is 5.26. The molecule has 29 heavy (non-hydrogen) atoms. The fraction of sp³-hybridized carbons (Fsp3) is 0.300. The Kier molecular flexibility index (Phi) is 4.71. The van der Waals surface area contributed by atoms with Gasteiger partial charge in [0.2, 0.25) is 5.91 Å². The average molecular weight is 472 g/mol. The normalized spacial score (nSPS) is 13.7. The van der Waals surface area contributed by atoms with Gasteiger partial charge in [-0.1, -0.05) is 34.1 Å². The van der Waals surface area contributed by atoms with Crippen LogP contribution in [-0.4, -0.2) is 25.1 Å². The predicted molar refractivity (Wildman–Crippen MR) is 115 cm³/mol. The summed E-state index contributed by atoms with van der Waals surface area (Å²) in [7, 11) is 0. The number of fused-ring (bicyclic) bond motifs is 5. The number of hydrogen-bond donors (Lipinski definition) is 1. The molecule has 9 heteroatoms. The number of aromatic nitrogens is 4. The molecular formula is C20H18BrN5O2S. The van der Waals surface area contributed by atoms with Crippen LogP contribution in [0.4, 0.5) is 0 Å². The number of carbonyl (C=O) groups is 1. The van der Waals surface area contributed by atoms with Crippen LogP contribution >= 0.6 is 27.3 Å². The van der Waals surface area contributed by atoms with Crippen molar-refractivity contribution in [2.24, 2.45) is 0 Å². The zero-order valence-corrected chi connectivity index (χ0v) is 17.9. The monoisotopic (exact) mass is 471 g/mol.